The van der Waals surface area contributed by atoms with Crippen molar-refractivity contribution in [1.82, 2.24) is 4.57 Å². The van der Waals surface area contributed by atoms with Gasteiger partial charge in [-0.3, -0.25) is 0 Å². The van der Waals surface area contributed by atoms with Crippen molar-refractivity contribution in [1.29, 1.82) is 0 Å². The maximum atomic E-state index is 5.46. The average Bonchev–Trinajstić information content (AvgIpc) is 2.76. The highest BCUT2D eigenvalue weighted by atomic mass is 79.9. The van der Waals surface area contributed by atoms with Crippen molar-refractivity contribution < 1.29 is 9.47 Å². The topological polar surface area (TPSA) is 23.4 Å². The summed E-state index contributed by atoms with van der Waals surface area (Å²) in [6.45, 7) is 3.11. The standard InChI is InChI=1S/C14H18BrNO2/c1-17-9-10-18-8-2-6-16-7-5-12-11-13(15)3-4-14(12)16/h3-5,7,11H,2,6,8-10H2,1H3. The Hall–Kier alpha value is -0.840. The number of nitrogens with zero attached hydrogens (tertiary/aromatic N) is 1. The molecular formula is C14H18BrNO2. The average molecular weight is 312 g/mol. The van der Waals surface area contributed by atoms with Gasteiger partial charge in [0.05, 0.1) is 13.2 Å². The predicted molar refractivity (Wildman–Crippen MR) is 77.0 cm³/mol. The van der Waals surface area contributed by atoms with Crippen LogP contribution in [0.4, 0.5) is 0 Å². The molecule has 0 aliphatic carbocycles. The summed E-state index contributed by atoms with van der Waals surface area (Å²) in [6, 6.07) is 8.51. The summed E-state index contributed by atoms with van der Waals surface area (Å²) in [5, 5.41) is 1.27. The third-order valence-corrected chi connectivity index (χ3v) is 3.35. The van der Waals surface area contributed by atoms with Crippen LogP contribution in [0.25, 0.3) is 10.9 Å². The van der Waals surface area contributed by atoms with Gasteiger partial charge in [0.1, 0.15) is 0 Å². The van der Waals surface area contributed by atoms with Crippen LogP contribution in [0.2, 0.25) is 0 Å². The molecule has 0 N–H and O–H groups in total. The zero-order valence-electron chi connectivity index (χ0n) is 10.6. The van der Waals surface area contributed by atoms with Crippen molar-refractivity contribution in [3.63, 3.8) is 0 Å². The lowest BCUT2D eigenvalue weighted by Gasteiger charge is -2.06. The zero-order valence-corrected chi connectivity index (χ0v) is 12.1. The van der Waals surface area contributed by atoms with E-state index in [-0.39, 0.29) is 0 Å². The SMILES string of the molecule is COCCOCCCn1ccc2cc(Br)ccc21. The van der Waals surface area contributed by atoms with Gasteiger partial charge in [-0.15, -0.1) is 0 Å². The Labute approximate surface area is 116 Å². The maximum Gasteiger partial charge on any atom is 0.0700 e. The molecule has 3 nitrogen and oxygen atoms in total. The first kappa shape index (κ1) is 13.6. The zero-order chi connectivity index (χ0) is 12.8. The molecule has 1 aromatic carbocycles. The molecule has 0 bridgehead atoms. The minimum Gasteiger partial charge on any atom is -0.382 e. The molecule has 0 atom stereocenters. The van der Waals surface area contributed by atoms with E-state index in [1.54, 1.807) is 7.11 Å². The van der Waals surface area contributed by atoms with Crippen LogP contribution in [-0.4, -0.2) is 31.5 Å². The second kappa shape index (κ2) is 6.92. The summed E-state index contributed by atoms with van der Waals surface area (Å²) >= 11 is 3.49. The lowest BCUT2D eigenvalue weighted by Crippen LogP contribution is -2.05. The molecule has 0 fully saturated rings. The second-order valence-corrected chi connectivity index (χ2v) is 5.09. The Balaban J connectivity index is 1.84. The third kappa shape index (κ3) is 3.57. The highest BCUT2D eigenvalue weighted by molar-refractivity contribution is 9.10. The minimum atomic E-state index is 0.667. The van der Waals surface area contributed by atoms with Crippen LogP contribution in [0.1, 0.15) is 6.42 Å². The van der Waals surface area contributed by atoms with Gasteiger partial charge in [-0.1, -0.05) is 15.9 Å². The molecule has 0 spiro atoms. The molecule has 18 heavy (non-hydrogen) atoms. The number of ether oxygens (including phenoxy) is 2. The Bertz CT molecular complexity index is 495. The van der Waals surface area contributed by atoms with Gasteiger partial charge < -0.3 is 14.0 Å². The predicted octanol–water partition coefficient (Wildman–Crippen LogP) is 3.46. The summed E-state index contributed by atoms with van der Waals surface area (Å²) < 4.78 is 13.8. The van der Waals surface area contributed by atoms with Gasteiger partial charge in [0.2, 0.25) is 0 Å². The smallest absolute Gasteiger partial charge is 0.0700 e. The Morgan fingerprint density at radius 1 is 1.17 bits per heavy atom. The molecule has 2 rings (SSSR count). The van der Waals surface area contributed by atoms with Crippen LogP contribution in [0.15, 0.2) is 34.9 Å². The largest absolute Gasteiger partial charge is 0.382 e. The first-order valence-corrected chi connectivity index (χ1v) is 6.91. The van der Waals surface area contributed by atoms with E-state index in [9.17, 15) is 0 Å². The molecule has 4 heteroatoms. The summed E-state index contributed by atoms with van der Waals surface area (Å²) in [6.07, 6.45) is 3.15. The fourth-order valence-corrected chi connectivity index (χ4v) is 2.33. The fourth-order valence-electron chi connectivity index (χ4n) is 1.95. The highest BCUT2D eigenvalue weighted by Gasteiger charge is 2.01. The third-order valence-electron chi connectivity index (χ3n) is 2.85. The lowest BCUT2D eigenvalue weighted by atomic mass is 10.2. The van der Waals surface area contributed by atoms with Gasteiger partial charge >= 0.3 is 0 Å². The molecule has 0 aliphatic heterocycles. The van der Waals surface area contributed by atoms with Crippen LogP contribution < -0.4 is 0 Å². The van der Waals surface area contributed by atoms with Crippen molar-refractivity contribution in [3.05, 3.63) is 34.9 Å². The number of aryl methyl sites for hydroxylation is 1. The number of hydrogen-bond acceptors (Lipinski definition) is 2. The molecule has 0 unspecified atom stereocenters. The van der Waals surface area contributed by atoms with Gasteiger partial charge in [0.25, 0.3) is 0 Å². The van der Waals surface area contributed by atoms with E-state index in [2.05, 4.69) is 51.0 Å². The van der Waals surface area contributed by atoms with Crippen LogP contribution in [0.5, 0.6) is 0 Å². The molecule has 1 aromatic heterocycles. The molecule has 1 heterocycles. The molecule has 0 saturated carbocycles. The summed E-state index contributed by atoms with van der Waals surface area (Å²) in [5.74, 6) is 0. The normalized spacial score (nSPS) is 11.2. The van der Waals surface area contributed by atoms with Crippen molar-refractivity contribution in [2.24, 2.45) is 0 Å². The van der Waals surface area contributed by atoms with E-state index in [0.29, 0.717) is 13.2 Å². The molecule has 0 saturated heterocycles. The number of halogens is 1. The number of hydrogen-bond donors (Lipinski definition) is 0. The number of aromatic nitrogens is 1. The number of rotatable bonds is 7. The van der Waals surface area contributed by atoms with Crippen LogP contribution in [0, 0.1) is 0 Å². The minimum absolute atomic E-state index is 0.667. The van der Waals surface area contributed by atoms with Crippen LogP contribution >= 0.6 is 15.9 Å². The van der Waals surface area contributed by atoms with E-state index < -0.39 is 0 Å². The Kier molecular flexibility index (Phi) is 5.23. The van der Waals surface area contributed by atoms with Gasteiger partial charge in [-0.25, -0.2) is 0 Å². The summed E-state index contributed by atoms with van der Waals surface area (Å²) in [7, 11) is 1.69. The molecule has 0 amide bonds. The molecule has 2 aromatic rings. The lowest BCUT2D eigenvalue weighted by molar-refractivity contribution is 0.0681. The van der Waals surface area contributed by atoms with Crippen molar-refractivity contribution in [2.45, 2.75) is 13.0 Å². The van der Waals surface area contributed by atoms with Gasteiger partial charge in [0, 0.05) is 41.8 Å². The molecule has 98 valence electrons. The maximum absolute atomic E-state index is 5.46. The molecular weight excluding hydrogens is 294 g/mol. The van der Waals surface area contributed by atoms with E-state index >= 15 is 0 Å². The Morgan fingerprint density at radius 2 is 2.06 bits per heavy atom. The van der Waals surface area contributed by atoms with E-state index in [4.69, 9.17) is 9.47 Å². The highest BCUT2D eigenvalue weighted by Crippen LogP contribution is 2.20. The monoisotopic (exact) mass is 311 g/mol. The number of fused-ring (bicyclic) bond motifs is 1. The number of methoxy groups -OCH3 is 1. The van der Waals surface area contributed by atoms with Gasteiger partial charge in [0.15, 0.2) is 0 Å². The van der Waals surface area contributed by atoms with Gasteiger partial charge in [-0.05, 0) is 30.7 Å². The summed E-state index contributed by atoms with van der Waals surface area (Å²) in [4.78, 5) is 0. The van der Waals surface area contributed by atoms with Crippen LogP contribution in [0.3, 0.4) is 0 Å². The van der Waals surface area contributed by atoms with Gasteiger partial charge in [-0.2, -0.15) is 0 Å². The Morgan fingerprint density at radius 3 is 2.89 bits per heavy atom. The summed E-state index contributed by atoms with van der Waals surface area (Å²) in [5.41, 5.74) is 1.27. The second-order valence-electron chi connectivity index (χ2n) is 4.17. The van der Waals surface area contributed by atoms with E-state index in [1.807, 2.05) is 0 Å². The number of benzene rings is 1. The first-order chi connectivity index (χ1) is 8.81. The molecule has 0 radical (unpaired) electrons. The first-order valence-electron chi connectivity index (χ1n) is 6.12. The molecule has 0 aliphatic rings. The van der Waals surface area contributed by atoms with Crippen molar-refractivity contribution >= 4 is 26.8 Å². The van der Waals surface area contributed by atoms with Crippen LogP contribution in [-0.2, 0) is 16.0 Å². The van der Waals surface area contributed by atoms with E-state index in [0.717, 1.165) is 24.0 Å². The van der Waals surface area contributed by atoms with Crippen molar-refractivity contribution in [3.8, 4) is 0 Å². The van der Waals surface area contributed by atoms with E-state index in [1.165, 1.54) is 10.9 Å². The quantitative estimate of drug-likeness (QED) is 0.731. The fraction of sp³-hybridized carbons (Fsp3) is 0.429. The van der Waals surface area contributed by atoms with Crippen molar-refractivity contribution in [2.75, 3.05) is 26.9 Å².